The van der Waals surface area contributed by atoms with Crippen LogP contribution in [0.1, 0.15) is 34.6 Å². The molecule has 1 aromatic carbocycles. The molecule has 1 amide bonds. The van der Waals surface area contributed by atoms with Crippen molar-refractivity contribution in [1.29, 1.82) is 0 Å². The molecule has 27 heavy (non-hydrogen) atoms. The smallest absolute Gasteiger partial charge is 0.276 e. The highest BCUT2D eigenvalue weighted by Crippen LogP contribution is 2.29. The number of ether oxygens (including phenoxy) is 2. The summed E-state index contributed by atoms with van der Waals surface area (Å²) in [5.41, 5.74) is 2.85. The summed E-state index contributed by atoms with van der Waals surface area (Å²) in [5, 5.41) is 13.8. The molecule has 0 radical (unpaired) electrons. The van der Waals surface area contributed by atoms with E-state index in [4.69, 9.17) is 21.1 Å². The quantitative estimate of drug-likeness (QED) is 0.702. The molecule has 0 spiro atoms. The van der Waals surface area contributed by atoms with Crippen molar-refractivity contribution in [2.45, 2.75) is 31.9 Å². The number of hydrogen-bond acceptors (Lipinski definition) is 5. The van der Waals surface area contributed by atoms with E-state index in [1.54, 1.807) is 18.2 Å². The Morgan fingerprint density at radius 3 is 3.15 bits per heavy atom. The lowest BCUT2D eigenvalue weighted by Gasteiger charge is -2.16. The molecule has 0 saturated carbocycles. The number of anilines is 1. The molecule has 9 heteroatoms. The molecule has 0 aliphatic carbocycles. The van der Waals surface area contributed by atoms with Gasteiger partial charge in [0.1, 0.15) is 12.4 Å². The second kappa shape index (κ2) is 8.93. The largest absolute Gasteiger partial charge is 0.489 e. The lowest BCUT2D eigenvalue weighted by Crippen LogP contribution is -2.25. The SMILES string of the molecule is Cl.O=C(Nc1cc(Cl)ccc1OCC1CCCO1)c1n[nH]c2c1CNCC2. The van der Waals surface area contributed by atoms with Gasteiger partial charge in [0.25, 0.3) is 5.91 Å². The number of carbonyl (C=O) groups excluding carboxylic acids is 1. The van der Waals surface area contributed by atoms with E-state index >= 15 is 0 Å². The third kappa shape index (κ3) is 4.55. The number of H-pyrrole nitrogens is 1. The highest BCUT2D eigenvalue weighted by Gasteiger charge is 2.23. The molecule has 2 aliphatic rings. The van der Waals surface area contributed by atoms with Gasteiger partial charge in [-0.2, -0.15) is 5.10 Å². The average Bonchev–Trinajstić information content (AvgIpc) is 3.30. The van der Waals surface area contributed by atoms with Crippen LogP contribution in [-0.2, 0) is 17.7 Å². The van der Waals surface area contributed by atoms with Crippen molar-refractivity contribution in [2.24, 2.45) is 0 Å². The van der Waals surface area contributed by atoms with E-state index in [1.165, 1.54) is 0 Å². The molecule has 1 saturated heterocycles. The number of carbonyl (C=O) groups is 1. The Labute approximate surface area is 168 Å². The van der Waals surface area contributed by atoms with E-state index < -0.39 is 0 Å². The van der Waals surface area contributed by atoms with Crippen LogP contribution in [-0.4, -0.2) is 42.0 Å². The molecule has 1 aromatic heterocycles. The lowest BCUT2D eigenvalue weighted by molar-refractivity contribution is 0.0682. The van der Waals surface area contributed by atoms with Gasteiger partial charge >= 0.3 is 0 Å². The van der Waals surface area contributed by atoms with Crippen molar-refractivity contribution in [3.63, 3.8) is 0 Å². The Balaban J connectivity index is 0.00000210. The minimum Gasteiger partial charge on any atom is -0.489 e. The molecule has 3 N–H and O–H groups in total. The van der Waals surface area contributed by atoms with E-state index in [2.05, 4.69) is 20.8 Å². The molecular weight excluding hydrogens is 391 g/mol. The highest BCUT2D eigenvalue weighted by molar-refractivity contribution is 6.31. The molecule has 4 rings (SSSR count). The van der Waals surface area contributed by atoms with Crippen LogP contribution < -0.4 is 15.4 Å². The van der Waals surface area contributed by atoms with Crippen molar-refractivity contribution in [3.05, 3.63) is 40.2 Å². The monoisotopic (exact) mass is 412 g/mol. The Morgan fingerprint density at radius 1 is 1.44 bits per heavy atom. The zero-order chi connectivity index (χ0) is 17.9. The fourth-order valence-corrected chi connectivity index (χ4v) is 3.45. The minimum atomic E-state index is -0.282. The summed E-state index contributed by atoms with van der Waals surface area (Å²) < 4.78 is 11.4. The van der Waals surface area contributed by atoms with Crippen LogP contribution >= 0.6 is 24.0 Å². The molecular formula is C18H22Cl2N4O3. The number of amides is 1. The second-order valence-corrected chi connectivity index (χ2v) is 6.93. The summed E-state index contributed by atoms with van der Waals surface area (Å²) in [7, 11) is 0. The van der Waals surface area contributed by atoms with Crippen LogP contribution in [0.2, 0.25) is 5.02 Å². The third-order valence-electron chi connectivity index (χ3n) is 4.66. The average molecular weight is 413 g/mol. The van der Waals surface area contributed by atoms with Gasteiger partial charge in [-0.05, 0) is 31.0 Å². The maximum Gasteiger partial charge on any atom is 0.276 e. The summed E-state index contributed by atoms with van der Waals surface area (Å²) in [6.45, 7) is 2.74. The maximum atomic E-state index is 12.7. The fourth-order valence-electron chi connectivity index (χ4n) is 3.28. The number of aromatic amines is 1. The van der Waals surface area contributed by atoms with E-state index in [0.29, 0.717) is 35.3 Å². The van der Waals surface area contributed by atoms with Gasteiger partial charge in [-0.25, -0.2) is 0 Å². The van der Waals surface area contributed by atoms with Gasteiger partial charge in [-0.3, -0.25) is 9.89 Å². The second-order valence-electron chi connectivity index (χ2n) is 6.50. The van der Waals surface area contributed by atoms with Gasteiger partial charge < -0.3 is 20.1 Å². The normalized spacial score (nSPS) is 18.5. The maximum absolute atomic E-state index is 12.7. The van der Waals surface area contributed by atoms with Crippen molar-refractivity contribution in [1.82, 2.24) is 15.5 Å². The first-order chi connectivity index (χ1) is 12.7. The molecule has 1 unspecified atom stereocenters. The van der Waals surface area contributed by atoms with Crippen molar-refractivity contribution >= 4 is 35.6 Å². The summed E-state index contributed by atoms with van der Waals surface area (Å²) in [6.07, 6.45) is 2.97. The molecule has 146 valence electrons. The molecule has 1 fully saturated rings. The van der Waals surface area contributed by atoms with Crippen LogP contribution in [0, 0.1) is 0 Å². The topological polar surface area (TPSA) is 88.3 Å². The third-order valence-corrected chi connectivity index (χ3v) is 4.90. The van der Waals surface area contributed by atoms with Crippen molar-refractivity contribution < 1.29 is 14.3 Å². The Morgan fingerprint density at radius 2 is 2.33 bits per heavy atom. The first kappa shape index (κ1) is 19.9. The number of benzene rings is 1. The molecule has 3 heterocycles. The summed E-state index contributed by atoms with van der Waals surface area (Å²) in [6, 6.07) is 5.18. The number of halogens is 2. The zero-order valence-corrected chi connectivity index (χ0v) is 16.3. The Kier molecular flexibility index (Phi) is 6.59. The number of nitrogens with zero attached hydrogens (tertiary/aromatic N) is 1. The zero-order valence-electron chi connectivity index (χ0n) is 14.7. The number of nitrogens with one attached hydrogen (secondary N) is 3. The molecule has 2 aliphatic heterocycles. The first-order valence-corrected chi connectivity index (χ1v) is 9.20. The molecule has 7 nitrogen and oxygen atoms in total. The Hall–Kier alpha value is -1.80. The van der Waals surface area contributed by atoms with Crippen LogP contribution in [0.4, 0.5) is 5.69 Å². The number of rotatable bonds is 5. The fraction of sp³-hybridized carbons (Fsp3) is 0.444. The van der Waals surface area contributed by atoms with E-state index in [0.717, 1.165) is 43.7 Å². The van der Waals surface area contributed by atoms with Crippen LogP contribution in [0.5, 0.6) is 5.75 Å². The summed E-state index contributed by atoms with van der Waals surface area (Å²) in [4.78, 5) is 12.7. The first-order valence-electron chi connectivity index (χ1n) is 8.83. The van der Waals surface area contributed by atoms with Crippen molar-refractivity contribution in [2.75, 3.05) is 25.1 Å². The number of fused-ring (bicyclic) bond motifs is 1. The predicted octanol–water partition coefficient (Wildman–Crippen LogP) is 2.94. The number of hydrogen-bond donors (Lipinski definition) is 3. The standard InChI is InChI=1S/C18H21ClN4O3.ClH/c19-11-3-4-16(26-10-12-2-1-7-25-12)15(8-11)21-18(24)17-13-9-20-6-5-14(13)22-23-17;/h3-4,8,12,20H,1-2,5-7,9-10H2,(H,21,24)(H,22,23);1H. The van der Waals surface area contributed by atoms with Crippen molar-refractivity contribution in [3.8, 4) is 5.75 Å². The minimum absolute atomic E-state index is 0. The van der Waals surface area contributed by atoms with E-state index in [9.17, 15) is 4.79 Å². The van der Waals surface area contributed by atoms with Gasteiger partial charge in [0, 0.05) is 42.4 Å². The molecule has 2 aromatic rings. The van der Waals surface area contributed by atoms with Crippen LogP contribution in [0.15, 0.2) is 18.2 Å². The number of aromatic nitrogens is 2. The molecule has 0 bridgehead atoms. The predicted molar refractivity (Wildman–Crippen MR) is 105 cm³/mol. The van der Waals surface area contributed by atoms with Gasteiger partial charge in [-0.1, -0.05) is 11.6 Å². The van der Waals surface area contributed by atoms with Gasteiger partial charge in [0.05, 0.1) is 11.8 Å². The lowest BCUT2D eigenvalue weighted by atomic mass is 10.1. The van der Waals surface area contributed by atoms with E-state index in [1.807, 2.05) is 0 Å². The van der Waals surface area contributed by atoms with Crippen LogP contribution in [0.25, 0.3) is 0 Å². The highest BCUT2D eigenvalue weighted by atomic mass is 35.5. The summed E-state index contributed by atoms with van der Waals surface area (Å²) in [5.74, 6) is 0.288. The van der Waals surface area contributed by atoms with E-state index in [-0.39, 0.29) is 24.4 Å². The Bertz CT molecular complexity index is 806. The van der Waals surface area contributed by atoms with Gasteiger partial charge in [0.2, 0.25) is 0 Å². The van der Waals surface area contributed by atoms with Gasteiger partial charge in [0.15, 0.2) is 5.69 Å². The molecule has 1 atom stereocenters. The van der Waals surface area contributed by atoms with Gasteiger partial charge in [-0.15, -0.1) is 12.4 Å². The summed E-state index contributed by atoms with van der Waals surface area (Å²) >= 11 is 6.10. The van der Waals surface area contributed by atoms with Crippen LogP contribution in [0.3, 0.4) is 0 Å².